The molecule has 0 spiro atoms. The molecule has 0 amide bonds. The van der Waals surface area contributed by atoms with Gasteiger partial charge in [0, 0.05) is 17.5 Å². The normalized spacial score (nSPS) is 18.6. The molecule has 0 bridgehead atoms. The number of aryl methyl sites for hydroxylation is 1. The second-order valence-corrected chi connectivity index (χ2v) is 4.93. The van der Waals surface area contributed by atoms with Crippen molar-refractivity contribution in [1.29, 1.82) is 0 Å². The summed E-state index contributed by atoms with van der Waals surface area (Å²) in [5.41, 5.74) is 1.43. The van der Waals surface area contributed by atoms with Gasteiger partial charge in [-0.15, -0.1) is 11.3 Å². The molecule has 0 atom stereocenters. The van der Waals surface area contributed by atoms with E-state index in [1.165, 1.54) is 36.4 Å². The van der Waals surface area contributed by atoms with Gasteiger partial charge in [0.25, 0.3) is 0 Å². The van der Waals surface area contributed by atoms with Gasteiger partial charge in [0.1, 0.15) is 0 Å². The Hall–Kier alpha value is -0.380. The third-order valence-electron chi connectivity index (χ3n) is 2.86. The van der Waals surface area contributed by atoms with E-state index in [9.17, 15) is 0 Å². The van der Waals surface area contributed by atoms with Gasteiger partial charge in [-0.05, 0) is 49.9 Å². The van der Waals surface area contributed by atoms with E-state index in [1.807, 2.05) is 11.3 Å². The van der Waals surface area contributed by atoms with E-state index in [0.717, 1.165) is 12.6 Å². The van der Waals surface area contributed by atoms with Crippen molar-refractivity contribution >= 4 is 11.3 Å². The lowest BCUT2D eigenvalue weighted by Gasteiger charge is -2.23. The van der Waals surface area contributed by atoms with Gasteiger partial charge < -0.3 is 10.6 Å². The highest BCUT2D eigenvalue weighted by atomic mass is 32.1. The fourth-order valence-corrected chi connectivity index (χ4v) is 2.71. The molecule has 0 saturated carbocycles. The van der Waals surface area contributed by atoms with Gasteiger partial charge >= 0.3 is 0 Å². The molecule has 0 aliphatic carbocycles. The van der Waals surface area contributed by atoms with E-state index in [0.29, 0.717) is 0 Å². The molecule has 1 aliphatic heterocycles. The summed E-state index contributed by atoms with van der Waals surface area (Å²) in [6.07, 6.45) is 2.54. The van der Waals surface area contributed by atoms with Gasteiger partial charge in [-0.3, -0.25) is 0 Å². The Balaban J connectivity index is 1.79. The van der Waals surface area contributed by atoms with Crippen molar-refractivity contribution in [3.63, 3.8) is 0 Å². The molecule has 2 rings (SSSR count). The largest absolute Gasteiger partial charge is 0.317 e. The number of thiophene rings is 1. The Kier molecular flexibility index (Phi) is 3.56. The minimum Gasteiger partial charge on any atom is -0.317 e. The highest BCUT2D eigenvalue weighted by molar-refractivity contribution is 7.10. The summed E-state index contributed by atoms with van der Waals surface area (Å²) in [5, 5.41) is 9.19. The smallest absolute Gasteiger partial charge is 0.0304 e. The van der Waals surface area contributed by atoms with Crippen molar-refractivity contribution < 1.29 is 0 Å². The van der Waals surface area contributed by atoms with Crippen molar-refractivity contribution in [3.05, 3.63) is 21.9 Å². The maximum absolute atomic E-state index is 3.64. The lowest BCUT2D eigenvalue weighted by Crippen LogP contribution is -2.39. The third-order valence-corrected chi connectivity index (χ3v) is 3.88. The van der Waals surface area contributed by atoms with Gasteiger partial charge in [0.2, 0.25) is 0 Å². The molecule has 1 saturated heterocycles. The Morgan fingerprint density at radius 2 is 2.29 bits per heavy atom. The number of nitrogens with one attached hydrogen (secondary N) is 2. The van der Waals surface area contributed by atoms with Crippen LogP contribution in [0.15, 0.2) is 11.4 Å². The SMILES string of the molecule is Cc1ccsc1CNC1CCNCC1. The van der Waals surface area contributed by atoms with Crippen LogP contribution in [-0.2, 0) is 6.54 Å². The first-order valence-electron chi connectivity index (χ1n) is 5.33. The molecule has 0 aromatic carbocycles. The second-order valence-electron chi connectivity index (χ2n) is 3.93. The maximum atomic E-state index is 3.64. The standard InChI is InChI=1S/C11H18N2S/c1-9-4-7-14-11(9)8-13-10-2-5-12-6-3-10/h4,7,10,12-13H,2-3,5-6,8H2,1H3. The number of hydrogen-bond donors (Lipinski definition) is 2. The predicted molar refractivity (Wildman–Crippen MR) is 61.8 cm³/mol. The van der Waals surface area contributed by atoms with Gasteiger partial charge in [-0.25, -0.2) is 0 Å². The van der Waals surface area contributed by atoms with Crippen LogP contribution >= 0.6 is 11.3 Å². The first-order chi connectivity index (χ1) is 6.86. The summed E-state index contributed by atoms with van der Waals surface area (Å²) in [4.78, 5) is 1.49. The first-order valence-corrected chi connectivity index (χ1v) is 6.21. The molecule has 1 fully saturated rings. The van der Waals surface area contributed by atoms with Crippen LogP contribution in [0.3, 0.4) is 0 Å². The molecule has 2 nitrogen and oxygen atoms in total. The van der Waals surface area contributed by atoms with Crippen molar-refractivity contribution in [3.8, 4) is 0 Å². The van der Waals surface area contributed by atoms with Crippen LogP contribution in [0.25, 0.3) is 0 Å². The lowest BCUT2D eigenvalue weighted by atomic mass is 10.1. The van der Waals surface area contributed by atoms with E-state index >= 15 is 0 Å². The summed E-state index contributed by atoms with van der Waals surface area (Å²) < 4.78 is 0. The van der Waals surface area contributed by atoms with E-state index in [4.69, 9.17) is 0 Å². The summed E-state index contributed by atoms with van der Waals surface area (Å²) in [6, 6.07) is 2.92. The quantitative estimate of drug-likeness (QED) is 0.796. The molecular formula is C11H18N2S. The molecule has 1 aromatic rings. The molecule has 14 heavy (non-hydrogen) atoms. The van der Waals surface area contributed by atoms with Gasteiger partial charge in [-0.2, -0.15) is 0 Å². The Labute approximate surface area is 89.7 Å². The number of rotatable bonds is 3. The topological polar surface area (TPSA) is 24.1 Å². The zero-order chi connectivity index (χ0) is 9.80. The molecule has 0 unspecified atom stereocenters. The van der Waals surface area contributed by atoms with E-state index in [-0.39, 0.29) is 0 Å². The molecule has 0 radical (unpaired) electrons. The Morgan fingerprint density at radius 3 is 2.93 bits per heavy atom. The third kappa shape index (κ3) is 2.56. The van der Waals surface area contributed by atoms with Crippen LogP contribution in [0, 0.1) is 6.92 Å². The van der Waals surface area contributed by atoms with Crippen LogP contribution < -0.4 is 10.6 Å². The minimum absolute atomic E-state index is 0.720. The molecule has 1 aromatic heterocycles. The van der Waals surface area contributed by atoms with Crippen LogP contribution in [0.5, 0.6) is 0 Å². The van der Waals surface area contributed by atoms with Gasteiger partial charge in [-0.1, -0.05) is 0 Å². The molecule has 2 heterocycles. The summed E-state index contributed by atoms with van der Waals surface area (Å²) in [6.45, 7) is 5.58. The van der Waals surface area contributed by atoms with Crippen LogP contribution in [0.4, 0.5) is 0 Å². The van der Waals surface area contributed by atoms with Crippen molar-refractivity contribution in [2.75, 3.05) is 13.1 Å². The Bertz CT molecular complexity index is 277. The monoisotopic (exact) mass is 210 g/mol. The zero-order valence-corrected chi connectivity index (χ0v) is 9.49. The van der Waals surface area contributed by atoms with Crippen molar-refractivity contribution in [2.24, 2.45) is 0 Å². The highest BCUT2D eigenvalue weighted by Gasteiger charge is 2.12. The van der Waals surface area contributed by atoms with Gasteiger partial charge in [0.05, 0.1) is 0 Å². The van der Waals surface area contributed by atoms with E-state index in [2.05, 4.69) is 29.0 Å². The van der Waals surface area contributed by atoms with Gasteiger partial charge in [0.15, 0.2) is 0 Å². The fourth-order valence-electron chi connectivity index (χ4n) is 1.85. The molecular weight excluding hydrogens is 192 g/mol. The molecule has 78 valence electrons. The molecule has 2 N–H and O–H groups in total. The van der Waals surface area contributed by atoms with Crippen LogP contribution in [0.1, 0.15) is 23.3 Å². The zero-order valence-electron chi connectivity index (χ0n) is 8.68. The first kappa shape index (κ1) is 10.1. The number of piperidine rings is 1. The number of hydrogen-bond acceptors (Lipinski definition) is 3. The average molecular weight is 210 g/mol. The summed E-state index contributed by atoms with van der Waals surface area (Å²) in [7, 11) is 0. The second kappa shape index (κ2) is 4.91. The van der Waals surface area contributed by atoms with Crippen LogP contribution in [0.2, 0.25) is 0 Å². The fraction of sp³-hybridized carbons (Fsp3) is 0.636. The van der Waals surface area contributed by atoms with E-state index in [1.54, 1.807) is 0 Å². The van der Waals surface area contributed by atoms with Crippen molar-refractivity contribution in [1.82, 2.24) is 10.6 Å². The average Bonchev–Trinajstić information content (AvgIpc) is 2.63. The molecule has 3 heteroatoms. The van der Waals surface area contributed by atoms with Crippen molar-refractivity contribution in [2.45, 2.75) is 32.4 Å². The maximum Gasteiger partial charge on any atom is 0.0304 e. The lowest BCUT2D eigenvalue weighted by molar-refractivity contribution is 0.387. The summed E-state index contributed by atoms with van der Waals surface area (Å²) >= 11 is 1.86. The molecule has 1 aliphatic rings. The highest BCUT2D eigenvalue weighted by Crippen LogP contribution is 2.15. The summed E-state index contributed by atoms with van der Waals surface area (Å²) in [5.74, 6) is 0. The predicted octanol–water partition coefficient (Wildman–Crippen LogP) is 1.90. The van der Waals surface area contributed by atoms with Crippen LogP contribution in [-0.4, -0.2) is 19.1 Å². The van der Waals surface area contributed by atoms with E-state index < -0.39 is 0 Å². The minimum atomic E-state index is 0.720. The Morgan fingerprint density at radius 1 is 1.50 bits per heavy atom.